The zero-order chi connectivity index (χ0) is 13.5. The normalized spacial score (nSPS) is 9.67. The SMILES string of the molecule is CNc1cccc(NCCNC(C)=O)c1[N+](=O)[O-]. The highest BCUT2D eigenvalue weighted by Gasteiger charge is 2.18. The summed E-state index contributed by atoms with van der Waals surface area (Å²) in [6, 6.07) is 4.99. The Morgan fingerprint density at radius 1 is 1.33 bits per heavy atom. The summed E-state index contributed by atoms with van der Waals surface area (Å²) in [5, 5.41) is 19.3. The van der Waals surface area contributed by atoms with Gasteiger partial charge in [0, 0.05) is 27.1 Å². The number of carbonyl (C=O) groups is 1. The lowest BCUT2D eigenvalue weighted by molar-refractivity contribution is -0.383. The molecule has 0 heterocycles. The number of amides is 1. The van der Waals surface area contributed by atoms with Crippen molar-refractivity contribution in [3.8, 4) is 0 Å². The molecule has 0 saturated heterocycles. The van der Waals surface area contributed by atoms with E-state index in [4.69, 9.17) is 0 Å². The number of nitrogens with zero attached hydrogens (tertiary/aromatic N) is 1. The van der Waals surface area contributed by atoms with E-state index in [0.29, 0.717) is 24.5 Å². The van der Waals surface area contributed by atoms with E-state index >= 15 is 0 Å². The molecule has 0 unspecified atom stereocenters. The lowest BCUT2D eigenvalue weighted by atomic mass is 10.2. The largest absolute Gasteiger partial charge is 0.382 e. The Labute approximate surface area is 105 Å². The van der Waals surface area contributed by atoms with Gasteiger partial charge < -0.3 is 16.0 Å². The van der Waals surface area contributed by atoms with Crippen molar-refractivity contribution < 1.29 is 9.72 Å². The molecule has 0 aliphatic heterocycles. The molecule has 0 aliphatic carbocycles. The van der Waals surface area contributed by atoms with E-state index in [2.05, 4.69) is 16.0 Å². The van der Waals surface area contributed by atoms with Crippen molar-refractivity contribution in [3.05, 3.63) is 28.3 Å². The van der Waals surface area contributed by atoms with E-state index in [9.17, 15) is 14.9 Å². The predicted molar refractivity (Wildman–Crippen MR) is 69.8 cm³/mol. The van der Waals surface area contributed by atoms with Crippen molar-refractivity contribution in [2.24, 2.45) is 0 Å². The van der Waals surface area contributed by atoms with E-state index < -0.39 is 4.92 Å². The Bertz CT molecular complexity index is 448. The van der Waals surface area contributed by atoms with Crippen LogP contribution in [0.3, 0.4) is 0 Å². The van der Waals surface area contributed by atoms with Gasteiger partial charge in [0.15, 0.2) is 0 Å². The molecule has 0 radical (unpaired) electrons. The number of nitrogens with one attached hydrogen (secondary N) is 3. The molecule has 0 saturated carbocycles. The Balaban J connectivity index is 2.75. The van der Waals surface area contributed by atoms with Gasteiger partial charge in [0.1, 0.15) is 11.4 Å². The molecule has 1 aromatic carbocycles. The maximum Gasteiger partial charge on any atom is 0.315 e. The number of hydrogen-bond donors (Lipinski definition) is 3. The van der Waals surface area contributed by atoms with E-state index in [1.807, 2.05) is 0 Å². The molecular weight excluding hydrogens is 236 g/mol. The Morgan fingerprint density at radius 3 is 2.56 bits per heavy atom. The lowest BCUT2D eigenvalue weighted by Gasteiger charge is -2.10. The van der Waals surface area contributed by atoms with Crippen molar-refractivity contribution in [3.63, 3.8) is 0 Å². The molecule has 98 valence electrons. The number of nitro groups is 1. The third-order valence-electron chi connectivity index (χ3n) is 2.30. The van der Waals surface area contributed by atoms with Crippen LogP contribution in [0.2, 0.25) is 0 Å². The van der Waals surface area contributed by atoms with E-state index in [0.717, 1.165) is 0 Å². The van der Waals surface area contributed by atoms with Crippen LogP contribution >= 0.6 is 0 Å². The fraction of sp³-hybridized carbons (Fsp3) is 0.364. The van der Waals surface area contributed by atoms with Gasteiger partial charge in [-0.15, -0.1) is 0 Å². The zero-order valence-electron chi connectivity index (χ0n) is 10.3. The summed E-state index contributed by atoms with van der Waals surface area (Å²) in [5.74, 6) is -0.129. The standard InChI is InChI=1S/C11H16N4O3/c1-8(16)13-6-7-14-10-5-3-4-9(12-2)11(10)15(17)18/h3-5,12,14H,6-7H2,1-2H3,(H,13,16). The first-order valence-electron chi connectivity index (χ1n) is 5.49. The summed E-state index contributed by atoms with van der Waals surface area (Å²) in [7, 11) is 1.63. The number of rotatable bonds is 6. The van der Waals surface area contributed by atoms with Crippen molar-refractivity contribution in [1.29, 1.82) is 0 Å². The van der Waals surface area contributed by atoms with E-state index in [-0.39, 0.29) is 11.6 Å². The van der Waals surface area contributed by atoms with Crippen LogP contribution < -0.4 is 16.0 Å². The van der Waals surface area contributed by atoms with Crippen molar-refractivity contribution in [2.45, 2.75) is 6.92 Å². The van der Waals surface area contributed by atoms with Crippen LogP contribution in [0.4, 0.5) is 17.1 Å². The smallest absolute Gasteiger partial charge is 0.315 e. The summed E-state index contributed by atoms with van der Waals surface area (Å²) in [5.41, 5.74) is 0.879. The molecule has 1 amide bonds. The van der Waals surface area contributed by atoms with Crippen molar-refractivity contribution >= 4 is 23.0 Å². The highest BCUT2D eigenvalue weighted by atomic mass is 16.6. The van der Waals surface area contributed by atoms with Crippen LogP contribution in [0.25, 0.3) is 0 Å². The average molecular weight is 252 g/mol. The lowest BCUT2D eigenvalue weighted by Crippen LogP contribution is -2.26. The number of anilines is 2. The maximum absolute atomic E-state index is 11.0. The minimum Gasteiger partial charge on any atom is -0.382 e. The number of hydrogen-bond acceptors (Lipinski definition) is 5. The molecule has 1 aromatic rings. The first kappa shape index (κ1) is 13.8. The van der Waals surface area contributed by atoms with Gasteiger partial charge in [0.2, 0.25) is 5.91 Å². The van der Waals surface area contributed by atoms with E-state index in [1.165, 1.54) is 6.92 Å². The second kappa shape index (κ2) is 6.43. The van der Waals surface area contributed by atoms with Crippen molar-refractivity contribution in [2.75, 3.05) is 30.8 Å². The van der Waals surface area contributed by atoms with Crippen LogP contribution in [0.5, 0.6) is 0 Å². The molecule has 0 fully saturated rings. The summed E-state index contributed by atoms with van der Waals surface area (Å²) in [6.45, 7) is 2.26. The van der Waals surface area contributed by atoms with Gasteiger partial charge in [0.25, 0.3) is 0 Å². The van der Waals surface area contributed by atoms with Crippen LogP contribution in [-0.2, 0) is 4.79 Å². The summed E-state index contributed by atoms with van der Waals surface area (Å²) in [4.78, 5) is 21.2. The molecule has 0 spiro atoms. The molecule has 7 heteroatoms. The third-order valence-corrected chi connectivity index (χ3v) is 2.30. The quantitative estimate of drug-likeness (QED) is 0.401. The molecule has 0 aliphatic rings. The van der Waals surface area contributed by atoms with Crippen LogP contribution in [0.1, 0.15) is 6.92 Å². The second-order valence-corrected chi connectivity index (χ2v) is 3.62. The summed E-state index contributed by atoms with van der Waals surface area (Å²) >= 11 is 0. The fourth-order valence-corrected chi connectivity index (χ4v) is 1.52. The van der Waals surface area contributed by atoms with Crippen LogP contribution in [0, 0.1) is 10.1 Å². The molecule has 1 rings (SSSR count). The van der Waals surface area contributed by atoms with Crippen molar-refractivity contribution in [1.82, 2.24) is 5.32 Å². The predicted octanol–water partition coefficient (Wildman–Crippen LogP) is 1.18. The Morgan fingerprint density at radius 2 is 2.00 bits per heavy atom. The zero-order valence-corrected chi connectivity index (χ0v) is 10.3. The molecule has 0 bridgehead atoms. The topological polar surface area (TPSA) is 96.3 Å². The molecule has 0 atom stereocenters. The van der Waals surface area contributed by atoms with Crippen LogP contribution in [-0.4, -0.2) is 31.0 Å². The number of benzene rings is 1. The fourth-order valence-electron chi connectivity index (χ4n) is 1.52. The van der Waals surface area contributed by atoms with Gasteiger partial charge in [-0.25, -0.2) is 0 Å². The Kier molecular flexibility index (Phi) is 4.91. The molecule has 0 aromatic heterocycles. The summed E-state index contributed by atoms with van der Waals surface area (Å²) in [6.07, 6.45) is 0. The monoisotopic (exact) mass is 252 g/mol. The van der Waals surface area contributed by atoms with Gasteiger partial charge in [-0.2, -0.15) is 0 Å². The highest BCUT2D eigenvalue weighted by molar-refractivity contribution is 5.76. The van der Waals surface area contributed by atoms with Gasteiger partial charge in [-0.3, -0.25) is 14.9 Å². The van der Waals surface area contributed by atoms with Crippen LogP contribution in [0.15, 0.2) is 18.2 Å². The minimum absolute atomic E-state index is 0.00262. The second-order valence-electron chi connectivity index (χ2n) is 3.62. The molecule has 3 N–H and O–H groups in total. The van der Waals surface area contributed by atoms with Gasteiger partial charge >= 0.3 is 5.69 Å². The highest BCUT2D eigenvalue weighted by Crippen LogP contribution is 2.32. The first-order valence-corrected chi connectivity index (χ1v) is 5.49. The molecule has 18 heavy (non-hydrogen) atoms. The number of nitro benzene ring substituents is 1. The molecule has 7 nitrogen and oxygen atoms in total. The maximum atomic E-state index is 11.0. The Hall–Kier alpha value is -2.31. The summed E-state index contributed by atoms with van der Waals surface area (Å²) < 4.78 is 0. The molecular formula is C11H16N4O3. The third kappa shape index (κ3) is 3.62. The number of para-hydroxylation sites is 1. The minimum atomic E-state index is -0.438. The average Bonchev–Trinajstić information content (AvgIpc) is 2.33. The first-order chi connectivity index (χ1) is 8.56. The van der Waals surface area contributed by atoms with Gasteiger partial charge in [0.05, 0.1) is 4.92 Å². The van der Waals surface area contributed by atoms with Gasteiger partial charge in [-0.1, -0.05) is 6.07 Å². The van der Waals surface area contributed by atoms with Gasteiger partial charge in [-0.05, 0) is 12.1 Å². The number of carbonyl (C=O) groups excluding carboxylic acids is 1. The van der Waals surface area contributed by atoms with E-state index in [1.54, 1.807) is 25.2 Å².